The molecule has 1 aliphatic rings. The Balaban J connectivity index is 1.65. The number of ether oxygens (including phenoxy) is 3. The zero-order valence-corrected chi connectivity index (χ0v) is 21.5. The lowest BCUT2D eigenvalue weighted by Gasteiger charge is -2.27. The van der Waals surface area contributed by atoms with Gasteiger partial charge in [-0.25, -0.2) is 0 Å². The molecule has 1 aliphatic heterocycles. The molecular formula is C28H19ClF3NO7. The first-order valence-corrected chi connectivity index (χ1v) is 12.0. The molecule has 0 fully saturated rings. The average molecular weight is 574 g/mol. The summed E-state index contributed by atoms with van der Waals surface area (Å²) in [6.07, 6.45) is -4.98. The minimum Gasteiger partial charge on any atom is -0.503 e. The minimum atomic E-state index is -4.98. The van der Waals surface area contributed by atoms with E-state index in [9.17, 15) is 27.9 Å². The van der Waals surface area contributed by atoms with E-state index in [2.05, 4.69) is 4.74 Å². The molecule has 0 radical (unpaired) electrons. The Morgan fingerprint density at radius 2 is 1.73 bits per heavy atom. The van der Waals surface area contributed by atoms with E-state index in [1.54, 1.807) is 24.3 Å². The lowest BCUT2D eigenvalue weighted by atomic mass is 9.94. The summed E-state index contributed by atoms with van der Waals surface area (Å²) < 4.78 is 59.0. The minimum absolute atomic E-state index is 0.0630. The standard InChI is InChI=1S/C28H19ClF3NO7/c1-37-18-7-3-5-14(10-18)23-22(24(34)20-11-15-9-16(29)12-21(38-2)26(15)39-20)25(35)27(36)33(23)17-6-4-8-19(13-17)40-28(30,31)32/h3-13,23,35H,1-2H3. The smallest absolute Gasteiger partial charge is 0.503 e. The molecule has 5 rings (SSSR count). The highest BCUT2D eigenvalue weighted by Crippen LogP contribution is 2.44. The summed E-state index contributed by atoms with van der Waals surface area (Å²) in [5, 5.41) is 11.7. The number of aliphatic hydroxyl groups excluding tert-OH is 1. The number of hydrogen-bond donors (Lipinski definition) is 1. The quantitative estimate of drug-likeness (QED) is 0.243. The Kier molecular flexibility index (Phi) is 6.84. The Morgan fingerprint density at radius 1 is 1.00 bits per heavy atom. The highest BCUT2D eigenvalue weighted by Gasteiger charge is 2.46. The van der Waals surface area contributed by atoms with Crippen molar-refractivity contribution in [2.45, 2.75) is 12.4 Å². The summed E-state index contributed by atoms with van der Waals surface area (Å²) >= 11 is 6.13. The molecule has 0 saturated carbocycles. The molecule has 0 aliphatic carbocycles. The number of nitrogens with zero attached hydrogens (tertiary/aromatic N) is 1. The molecule has 1 aromatic heterocycles. The highest BCUT2D eigenvalue weighted by atomic mass is 35.5. The van der Waals surface area contributed by atoms with Crippen molar-refractivity contribution < 1.29 is 46.5 Å². The number of carbonyl (C=O) groups excluding carboxylic acids is 2. The lowest BCUT2D eigenvalue weighted by molar-refractivity contribution is -0.274. The van der Waals surface area contributed by atoms with Crippen LogP contribution >= 0.6 is 11.6 Å². The van der Waals surface area contributed by atoms with Crippen LogP contribution in [0.15, 0.2) is 82.5 Å². The van der Waals surface area contributed by atoms with Crippen LogP contribution in [0.1, 0.15) is 22.2 Å². The van der Waals surface area contributed by atoms with Crippen LogP contribution in [0.3, 0.4) is 0 Å². The monoisotopic (exact) mass is 573 g/mol. The first-order chi connectivity index (χ1) is 19.0. The van der Waals surface area contributed by atoms with Crippen LogP contribution in [0.4, 0.5) is 18.9 Å². The van der Waals surface area contributed by atoms with Gasteiger partial charge >= 0.3 is 6.36 Å². The van der Waals surface area contributed by atoms with Gasteiger partial charge in [0.15, 0.2) is 22.9 Å². The molecule has 1 atom stereocenters. The zero-order chi connectivity index (χ0) is 28.8. The number of fused-ring (bicyclic) bond motifs is 1. The Labute approximate surface area is 229 Å². The SMILES string of the molecule is COc1cccc(C2C(C(=O)c3cc4cc(Cl)cc(OC)c4o3)=C(O)C(=O)N2c2cccc(OC(F)(F)F)c2)c1. The topological polar surface area (TPSA) is 98.4 Å². The van der Waals surface area contributed by atoms with Crippen LogP contribution in [0.25, 0.3) is 11.0 Å². The fourth-order valence-corrected chi connectivity index (χ4v) is 4.76. The van der Waals surface area contributed by atoms with Crippen LogP contribution in [0, 0.1) is 0 Å². The van der Waals surface area contributed by atoms with E-state index in [0.29, 0.717) is 21.7 Å². The predicted octanol–water partition coefficient (Wildman–Crippen LogP) is 6.78. The number of anilines is 1. The summed E-state index contributed by atoms with van der Waals surface area (Å²) in [4.78, 5) is 28.3. The van der Waals surface area contributed by atoms with Crippen molar-refractivity contribution in [3.63, 3.8) is 0 Å². The third kappa shape index (κ3) is 4.91. The van der Waals surface area contributed by atoms with Crippen LogP contribution in [0.2, 0.25) is 5.02 Å². The number of carbonyl (C=O) groups is 2. The van der Waals surface area contributed by atoms with E-state index in [1.165, 1.54) is 44.6 Å². The number of amides is 1. The normalized spacial score (nSPS) is 15.6. The van der Waals surface area contributed by atoms with Crippen LogP contribution in [-0.4, -0.2) is 37.4 Å². The number of ketones is 1. The van der Waals surface area contributed by atoms with Gasteiger partial charge in [-0.15, -0.1) is 13.2 Å². The van der Waals surface area contributed by atoms with E-state index in [1.807, 2.05) is 0 Å². The van der Waals surface area contributed by atoms with Crippen molar-refractivity contribution in [1.29, 1.82) is 0 Å². The van der Waals surface area contributed by atoms with Gasteiger partial charge in [-0.1, -0.05) is 29.8 Å². The maximum atomic E-state index is 13.9. The van der Waals surface area contributed by atoms with Gasteiger partial charge < -0.3 is 23.7 Å². The van der Waals surface area contributed by atoms with Crippen LogP contribution in [-0.2, 0) is 4.79 Å². The second kappa shape index (κ2) is 10.2. The first kappa shape index (κ1) is 26.9. The number of alkyl halides is 3. The number of aliphatic hydroxyl groups is 1. The first-order valence-electron chi connectivity index (χ1n) is 11.6. The number of furan rings is 1. The van der Waals surface area contributed by atoms with Crippen molar-refractivity contribution in [3.8, 4) is 17.2 Å². The summed E-state index contributed by atoms with van der Waals surface area (Å²) in [5.74, 6) is -2.94. The molecule has 3 aromatic carbocycles. The molecule has 1 unspecified atom stereocenters. The largest absolute Gasteiger partial charge is 0.573 e. The molecule has 0 spiro atoms. The van der Waals surface area contributed by atoms with E-state index in [0.717, 1.165) is 17.0 Å². The van der Waals surface area contributed by atoms with Crippen molar-refractivity contribution in [2.75, 3.05) is 19.1 Å². The van der Waals surface area contributed by atoms with Crippen molar-refractivity contribution in [2.24, 2.45) is 0 Å². The third-order valence-corrected chi connectivity index (χ3v) is 6.40. The van der Waals surface area contributed by atoms with Gasteiger partial charge in [-0.3, -0.25) is 14.5 Å². The molecule has 0 saturated heterocycles. The molecule has 206 valence electrons. The Morgan fingerprint density at radius 3 is 2.42 bits per heavy atom. The van der Waals surface area contributed by atoms with Crippen LogP contribution < -0.4 is 19.1 Å². The summed E-state index contributed by atoms with van der Waals surface area (Å²) in [6, 6.07) is 14.1. The molecule has 1 amide bonds. The van der Waals surface area contributed by atoms with Gasteiger partial charge in [0.05, 0.1) is 25.8 Å². The fourth-order valence-electron chi connectivity index (χ4n) is 4.54. The second-order valence-corrected chi connectivity index (χ2v) is 9.06. The van der Waals surface area contributed by atoms with Gasteiger partial charge in [-0.05, 0) is 42.0 Å². The number of halogens is 4. The molecule has 40 heavy (non-hydrogen) atoms. The number of benzene rings is 3. The van der Waals surface area contributed by atoms with Gasteiger partial charge in [0, 0.05) is 28.2 Å². The molecular weight excluding hydrogens is 555 g/mol. The van der Waals surface area contributed by atoms with Crippen molar-refractivity contribution in [3.05, 3.63) is 94.4 Å². The zero-order valence-electron chi connectivity index (χ0n) is 20.8. The third-order valence-electron chi connectivity index (χ3n) is 6.18. The predicted molar refractivity (Wildman–Crippen MR) is 138 cm³/mol. The number of hydrogen-bond acceptors (Lipinski definition) is 7. The number of methoxy groups -OCH3 is 2. The summed E-state index contributed by atoms with van der Waals surface area (Å²) in [7, 11) is 2.81. The fraction of sp³-hybridized carbons (Fsp3) is 0.143. The van der Waals surface area contributed by atoms with E-state index >= 15 is 0 Å². The Bertz CT molecular complexity index is 1680. The number of rotatable bonds is 7. The van der Waals surface area contributed by atoms with E-state index in [4.69, 9.17) is 25.5 Å². The van der Waals surface area contributed by atoms with Gasteiger partial charge in [0.1, 0.15) is 11.5 Å². The Hall–Kier alpha value is -4.64. The highest BCUT2D eigenvalue weighted by molar-refractivity contribution is 6.31. The second-order valence-electron chi connectivity index (χ2n) is 8.63. The van der Waals surface area contributed by atoms with Crippen LogP contribution in [0.5, 0.6) is 17.2 Å². The molecule has 0 bridgehead atoms. The molecule has 1 N–H and O–H groups in total. The van der Waals surface area contributed by atoms with Crippen molar-refractivity contribution >= 4 is 39.9 Å². The van der Waals surface area contributed by atoms with Gasteiger partial charge in [0.25, 0.3) is 5.91 Å². The van der Waals surface area contributed by atoms with Crippen molar-refractivity contribution in [1.82, 2.24) is 0 Å². The van der Waals surface area contributed by atoms with E-state index < -0.39 is 35.6 Å². The summed E-state index contributed by atoms with van der Waals surface area (Å²) in [5.41, 5.74) is 0.127. The van der Waals surface area contributed by atoms with Gasteiger partial charge in [0.2, 0.25) is 5.78 Å². The number of Topliss-reactive ketones (excluding diaryl/α,β-unsaturated/α-hetero) is 1. The maximum absolute atomic E-state index is 13.9. The molecule has 12 heteroatoms. The molecule has 8 nitrogen and oxygen atoms in total. The molecule has 4 aromatic rings. The van der Waals surface area contributed by atoms with E-state index in [-0.39, 0.29) is 28.4 Å². The van der Waals surface area contributed by atoms with Gasteiger partial charge in [-0.2, -0.15) is 0 Å². The average Bonchev–Trinajstić information content (AvgIpc) is 3.45. The molecule has 2 heterocycles. The maximum Gasteiger partial charge on any atom is 0.573 e. The summed E-state index contributed by atoms with van der Waals surface area (Å²) in [6.45, 7) is 0. The lowest BCUT2D eigenvalue weighted by Crippen LogP contribution is -2.31.